The maximum Gasteiger partial charge on any atom is 0.240 e. The molecular weight excluding hydrogens is 320 g/mol. The van der Waals surface area contributed by atoms with E-state index in [-0.39, 0.29) is 11.9 Å². The van der Waals surface area contributed by atoms with Gasteiger partial charge in [0.2, 0.25) is 5.91 Å². The number of nitrogens with zero attached hydrogens (tertiary/aromatic N) is 2. The Morgan fingerprint density at radius 2 is 1.75 bits per heavy atom. The van der Waals surface area contributed by atoms with Crippen LogP contribution in [0.4, 0.5) is 0 Å². The summed E-state index contributed by atoms with van der Waals surface area (Å²) in [6.45, 7) is 9.48. The Labute approximate surface area is 150 Å². The summed E-state index contributed by atoms with van der Waals surface area (Å²) in [5.74, 6) is 0.368. The molecule has 4 heteroatoms. The molecule has 0 unspecified atom stereocenters. The van der Waals surface area contributed by atoms with E-state index in [2.05, 4.69) is 49.7 Å². The number of amides is 1. The number of rotatable bonds is 7. The molecule has 0 saturated heterocycles. The van der Waals surface area contributed by atoms with Gasteiger partial charge in [0.1, 0.15) is 5.38 Å². The third kappa shape index (κ3) is 4.64. The zero-order valence-corrected chi connectivity index (χ0v) is 15.7. The molecule has 3 nitrogen and oxygen atoms in total. The number of aromatic nitrogens is 1. The highest BCUT2D eigenvalue weighted by atomic mass is 35.5. The summed E-state index contributed by atoms with van der Waals surface area (Å²) in [5.41, 5.74) is 2.37. The quantitative estimate of drug-likeness (QED) is 0.676. The lowest BCUT2D eigenvalue weighted by Gasteiger charge is -2.33. The fourth-order valence-electron chi connectivity index (χ4n) is 2.71. The Bertz CT molecular complexity index is 649. The number of halogens is 1. The van der Waals surface area contributed by atoms with Gasteiger partial charge in [-0.05, 0) is 37.5 Å². The summed E-state index contributed by atoms with van der Waals surface area (Å²) in [6, 6.07) is 14.6. The molecule has 0 aliphatic carbocycles. The zero-order chi connectivity index (χ0) is 17.7. The first kappa shape index (κ1) is 18.6. The molecule has 1 aromatic heterocycles. The van der Waals surface area contributed by atoms with Gasteiger partial charge in [-0.3, -0.25) is 4.79 Å². The first-order valence-electron chi connectivity index (χ1n) is 8.52. The average Bonchev–Trinajstić information content (AvgIpc) is 2.99. The first-order chi connectivity index (χ1) is 11.4. The van der Waals surface area contributed by atoms with Crippen molar-refractivity contribution in [1.29, 1.82) is 0 Å². The first-order valence-corrected chi connectivity index (χ1v) is 8.96. The predicted octanol–water partition coefficient (Wildman–Crippen LogP) is 4.54. The number of carbonyl (C=O) groups excluding carboxylic acids is 1. The van der Waals surface area contributed by atoms with Gasteiger partial charge in [-0.1, -0.05) is 44.2 Å². The molecular formula is C20H27ClN2O. The highest BCUT2D eigenvalue weighted by molar-refractivity contribution is 6.30. The highest BCUT2D eigenvalue weighted by Crippen LogP contribution is 2.18. The summed E-state index contributed by atoms with van der Waals surface area (Å²) in [5, 5.41) is -0.510. The van der Waals surface area contributed by atoms with Crippen LogP contribution >= 0.6 is 11.6 Å². The minimum absolute atomic E-state index is 0.00896. The Hall–Kier alpha value is -1.74. The van der Waals surface area contributed by atoms with Gasteiger partial charge in [0.15, 0.2) is 0 Å². The maximum atomic E-state index is 12.6. The Kier molecular flexibility index (Phi) is 6.50. The molecule has 0 fully saturated rings. The van der Waals surface area contributed by atoms with Crippen LogP contribution < -0.4 is 0 Å². The summed E-state index contributed by atoms with van der Waals surface area (Å²) in [7, 11) is 0. The lowest BCUT2D eigenvalue weighted by molar-refractivity contribution is -0.134. The lowest BCUT2D eigenvalue weighted by atomic mass is 10.0. The van der Waals surface area contributed by atoms with Crippen molar-refractivity contribution in [1.82, 2.24) is 9.47 Å². The largest absolute Gasteiger partial charge is 0.345 e. The van der Waals surface area contributed by atoms with Gasteiger partial charge in [-0.25, -0.2) is 0 Å². The Balaban J connectivity index is 2.21. The van der Waals surface area contributed by atoms with Crippen LogP contribution in [-0.4, -0.2) is 26.8 Å². The van der Waals surface area contributed by atoms with Crippen LogP contribution in [0, 0.1) is 5.92 Å². The fourth-order valence-corrected chi connectivity index (χ4v) is 2.84. The van der Waals surface area contributed by atoms with E-state index in [0.717, 1.165) is 12.2 Å². The zero-order valence-electron chi connectivity index (χ0n) is 14.9. The molecule has 0 aliphatic heterocycles. The second kappa shape index (κ2) is 8.39. The van der Waals surface area contributed by atoms with Crippen LogP contribution in [-0.2, 0) is 17.9 Å². The van der Waals surface area contributed by atoms with Gasteiger partial charge in [-0.15, -0.1) is 11.6 Å². The van der Waals surface area contributed by atoms with Crippen molar-refractivity contribution >= 4 is 17.5 Å². The van der Waals surface area contributed by atoms with Crippen LogP contribution in [0.25, 0.3) is 0 Å². The van der Waals surface area contributed by atoms with E-state index < -0.39 is 5.38 Å². The summed E-state index contributed by atoms with van der Waals surface area (Å²) in [6.07, 6.45) is 2.06. The molecule has 0 N–H and O–H groups in total. The standard InChI is InChI=1S/C20H27ClN2O/c1-15(2)17(4)23(20(24)16(3)21)14-19-11-8-12-22(19)13-18-9-6-5-7-10-18/h5-12,15-17H,13-14H2,1-4H3/t16-,17-/m1/s1. The molecule has 2 atom stereocenters. The minimum Gasteiger partial charge on any atom is -0.345 e. The predicted molar refractivity (Wildman–Crippen MR) is 100 cm³/mol. The van der Waals surface area contributed by atoms with Gasteiger partial charge in [0, 0.05) is 24.5 Å². The van der Waals surface area contributed by atoms with Crippen LogP contribution in [0.1, 0.15) is 39.0 Å². The summed E-state index contributed by atoms with van der Waals surface area (Å²) >= 11 is 6.08. The second-order valence-corrected chi connectivity index (χ2v) is 7.33. The van der Waals surface area contributed by atoms with E-state index in [4.69, 9.17) is 11.6 Å². The van der Waals surface area contributed by atoms with Crippen molar-refractivity contribution in [2.45, 2.75) is 52.2 Å². The molecule has 0 aliphatic rings. The van der Waals surface area contributed by atoms with E-state index >= 15 is 0 Å². The number of hydrogen-bond donors (Lipinski definition) is 0. The Morgan fingerprint density at radius 1 is 1.08 bits per heavy atom. The van der Waals surface area contributed by atoms with Crippen molar-refractivity contribution in [3.05, 3.63) is 59.9 Å². The third-order valence-electron chi connectivity index (χ3n) is 4.53. The smallest absolute Gasteiger partial charge is 0.240 e. The summed E-state index contributed by atoms with van der Waals surface area (Å²) < 4.78 is 2.20. The molecule has 2 rings (SSSR count). The molecule has 130 valence electrons. The van der Waals surface area contributed by atoms with Crippen molar-refractivity contribution in [2.24, 2.45) is 5.92 Å². The van der Waals surface area contributed by atoms with Crippen LogP contribution in [0.3, 0.4) is 0 Å². The van der Waals surface area contributed by atoms with E-state index in [1.54, 1.807) is 6.92 Å². The molecule has 0 bridgehead atoms. The minimum atomic E-state index is -0.510. The van der Waals surface area contributed by atoms with Crippen molar-refractivity contribution in [2.75, 3.05) is 0 Å². The molecule has 2 aromatic rings. The molecule has 0 saturated carbocycles. The molecule has 1 aromatic carbocycles. The second-order valence-electron chi connectivity index (χ2n) is 6.68. The van der Waals surface area contributed by atoms with Gasteiger partial charge >= 0.3 is 0 Å². The number of alkyl halides is 1. The Morgan fingerprint density at radius 3 is 2.33 bits per heavy atom. The maximum absolute atomic E-state index is 12.6. The molecule has 0 spiro atoms. The normalized spacial score (nSPS) is 13.8. The molecule has 0 radical (unpaired) electrons. The van der Waals surface area contributed by atoms with E-state index in [0.29, 0.717) is 12.5 Å². The number of benzene rings is 1. The van der Waals surface area contributed by atoms with Crippen molar-refractivity contribution < 1.29 is 4.79 Å². The van der Waals surface area contributed by atoms with Gasteiger partial charge in [-0.2, -0.15) is 0 Å². The highest BCUT2D eigenvalue weighted by Gasteiger charge is 2.26. The SMILES string of the molecule is CC(C)[C@@H](C)N(Cc1cccn1Cc1ccccc1)C(=O)[C@@H](C)Cl. The van der Waals surface area contributed by atoms with Crippen LogP contribution in [0.2, 0.25) is 0 Å². The van der Waals surface area contributed by atoms with Gasteiger partial charge in [0.05, 0.1) is 6.54 Å². The van der Waals surface area contributed by atoms with E-state index in [9.17, 15) is 4.79 Å². The van der Waals surface area contributed by atoms with E-state index in [1.165, 1.54) is 5.56 Å². The van der Waals surface area contributed by atoms with E-state index in [1.807, 2.05) is 29.2 Å². The molecule has 24 heavy (non-hydrogen) atoms. The topological polar surface area (TPSA) is 25.2 Å². The van der Waals surface area contributed by atoms with Gasteiger partial charge < -0.3 is 9.47 Å². The van der Waals surface area contributed by atoms with Crippen molar-refractivity contribution in [3.8, 4) is 0 Å². The van der Waals surface area contributed by atoms with Gasteiger partial charge in [0.25, 0.3) is 0 Å². The van der Waals surface area contributed by atoms with Crippen LogP contribution in [0.15, 0.2) is 48.7 Å². The average molecular weight is 347 g/mol. The molecule has 1 heterocycles. The van der Waals surface area contributed by atoms with Crippen molar-refractivity contribution in [3.63, 3.8) is 0 Å². The lowest BCUT2D eigenvalue weighted by Crippen LogP contribution is -2.44. The third-order valence-corrected chi connectivity index (χ3v) is 4.72. The monoisotopic (exact) mass is 346 g/mol. The fraction of sp³-hybridized carbons (Fsp3) is 0.450. The van der Waals surface area contributed by atoms with Crippen LogP contribution in [0.5, 0.6) is 0 Å². The molecule has 1 amide bonds. The number of hydrogen-bond acceptors (Lipinski definition) is 1. The summed E-state index contributed by atoms with van der Waals surface area (Å²) in [4.78, 5) is 14.5. The number of carbonyl (C=O) groups is 1.